The van der Waals surface area contributed by atoms with Crippen molar-refractivity contribution >= 4 is 27.6 Å². The lowest BCUT2D eigenvalue weighted by molar-refractivity contribution is 0.633. The third-order valence-corrected chi connectivity index (χ3v) is 6.97. The first-order valence-corrected chi connectivity index (χ1v) is 12.5. The maximum atomic E-state index is 6.21. The monoisotopic (exact) mass is 460 g/mol. The maximum Gasteiger partial charge on any atom is 0.150 e. The topological polar surface area (TPSA) is 64.7 Å². The Hall–Kier alpha value is -3.79. The molecule has 0 amide bonds. The Morgan fingerprint density at radius 3 is 2.34 bits per heavy atom. The van der Waals surface area contributed by atoms with Gasteiger partial charge in [0.05, 0.1) is 5.52 Å². The van der Waals surface area contributed by atoms with Gasteiger partial charge in [-0.1, -0.05) is 43.3 Å². The molecule has 1 atom stereocenters. The molecule has 0 fully saturated rings. The summed E-state index contributed by atoms with van der Waals surface area (Å²) in [5.74, 6) is 1.06. The predicted molar refractivity (Wildman–Crippen MR) is 146 cm³/mol. The summed E-state index contributed by atoms with van der Waals surface area (Å²) >= 11 is 0. The van der Waals surface area contributed by atoms with Gasteiger partial charge < -0.3 is 5.73 Å². The van der Waals surface area contributed by atoms with Crippen molar-refractivity contribution < 1.29 is 0 Å². The predicted octanol–water partition coefficient (Wildman–Crippen LogP) is 6.98. The van der Waals surface area contributed by atoms with Crippen LogP contribution < -0.4 is 5.73 Å². The molecule has 1 unspecified atom stereocenters. The SMILES string of the molecule is Cc1ccc2c(c1)nc(N)c1ncc(CCc3ccc(C(C)CCCc4ccncc4)cc3)cc12. The molecule has 4 nitrogen and oxygen atoms in total. The Bertz CT molecular complexity index is 1440. The van der Waals surface area contributed by atoms with Crippen molar-refractivity contribution in [3.8, 4) is 0 Å². The minimum Gasteiger partial charge on any atom is -0.382 e. The van der Waals surface area contributed by atoms with Crippen molar-refractivity contribution in [1.29, 1.82) is 0 Å². The standard InChI is InChI=1S/C31H32N4/c1-21-6-13-27-28-19-25(20-34-30(28)31(32)35-29(27)18-21)8-7-24-9-11-26(12-10-24)22(2)4-3-5-23-14-16-33-17-15-23/h6,9-20,22H,3-5,7-8H2,1-2H3,(H2,32,35). The molecule has 35 heavy (non-hydrogen) atoms. The number of anilines is 1. The highest BCUT2D eigenvalue weighted by atomic mass is 14.9. The van der Waals surface area contributed by atoms with E-state index in [1.807, 2.05) is 18.6 Å². The number of hydrogen-bond acceptors (Lipinski definition) is 4. The van der Waals surface area contributed by atoms with Crippen molar-refractivity contribution in [2.24, 2.45) is 0 Å². The molecule has 0 spiro atoms. The number of nitrogen functional groups attached to an aromatic ring is 1. The van der Waals surface area contributed by atoms with Gasteiger partial charge >= 0.3 is 0 Å². The van der Waals surface area contributed by atoms with Crippen molar-refractivity contribution in [2.75, 3.05) is 5.73 Å². The summed E-state index contributed by atoms with van der Waals surface area (Å²) in [5, 5.41) is 2.19. The second-order valence-electron chi connectivity index (χ2n) is 9.65. The van der Waals surface area contributed by atoms with Gasteiger partial charge in [0, 0.05) is 29.4 Å². The molecule has 0 aliphatic rings. The van der Waals surface area contributed by atoms with Crippen LogP contribution in [0.15, 0.2) is 79.3 Å². The van der Waals surface area contributed by atoms with Gasteiger partial charge in [0.1, 0.15) is 5.52 Å². The number of hydrogen-bond donors (Lipinski definition) is 1. The minimum atomic E-state index is 0.495. The Balaban J connectivity index is 1.23. The van der Waals surface area contributed by atoms with Gasteiger partial charge in [-0.05, 0) is 97.0 Å². The average Bonchev–Trinajstić information content (AvgIpc) is 2.88. The zero-order valence-corrected chi connectivity index (χ0v) is 20.5. The molecule has 2 aromatic carbocycles. The highest BCUT2D eigenvalue weighted by Gasteiger charge is 2.10. The number of aryl methyl sites for hydroxylation is 4. The van der Waals surface area contributed by atoms with Crippen LogP contribution in [0.5, 0.6) is 0 Å². The molecule has 176 valence electrons. The fraction of sp³-hybridized carbons (Fsp3) is 0.258. The summed E-state index contributed by atoms with van der Waals surface area (Å²) < 4.78 is 0. The van der Waals surface area contributed by atoms with Crippen molar-refractivity contribution in [2.45, 2.75) is 51.9 Å². The number of nitrogens with zero attached hydrogens (tertiary/aromatic N) is 3. The Kier molecular flexibility index (Phi) is 6.71. The molecule has 3 heterocycles. The largest absolute Gasteiger partial charge is 0.382 e. The highest BCUT2D eigenvalue weighted by Crippen LogP contribution is 2.28. The van der Waals surface area contributed by atoms with E-state index in [9.17, 15) is 0 Å². The summed E-state index contributed by atoms with van der Waals surface area (Å²) in [6.45, 7) is 4.40. The Morgan fingerprint density at radius 2 is 1.54 bits per heavy atom. The highest BCUT2D eigenvalue weighted by molar-refractivity contribution is 6.08. The number of rotatable bonds is 8. The second-order valence-corrected chi connectivity index (χ2v) is 9.65. The Labute approximate surface area is 207 Å². The van der Waals surface area contributed by atoms with E-state index in [2.05, 4.69) is 89.5 Å². The fourth-order valence-electron chi connectivity index (χ4n) is 4.83. The minimum absolute atomic E-state index is 0.495. The molecule has 0 saturated carbocycles. The molecule has 3 aromatic heterocycles. The van der Waals surface area contributed by atoms with Crippen LogP contribution in [-0.4, -0.2) is 15.0 Å². The quantitative estimate of drug-likeness (QED) is 0.254. The van der Waals surface area contributed by atoms with Crippen LogP contribution in [0.4, 0.5) is 5.82 Å². The third kappa shape index (κ3) is 5.32. The Morgan fingerprint density at radius 1 is 0.800 bits per heavy atom. The van der Waals surface area contributed by atoms with E-state index in [0.29, 0.717) is 11.7 Å². The first-order chi connectivity index (χ1) is 17.1. The molecule has 4 heteroatoms. The van der Waals surface area contributed by atoms with Crippen LogP contribution in [0.2, 0.25) is 0 Å². The summed E-state index contributed by atoms with van der Waals surface area (Å²) in [5.41, 5.74) is 14.5. The average molecular weight is 461 g/mol. The van der Waals surface area contributed by atoms with Crippen molar-refractivity contribution in [3.05, 3.63) is 107 Å². The zero-order valence-electron chi connectivity index (χ0n) is 20.5. The van der Waals surface area contributed by atoms with E-state index in [4.69, 9.17) is 5.73 Å². The molecule has 0 saturated heterocycles. The number of nitrogens with two attached hydrogens (primary N) is 1. The van der Waals surface area contributed by atoms with Gasteiger partial charge in [-0.15, -0.1) is 0 Å². The molecular weight excluding hydrogens is 428 g/mol. The molecule has 0 bridgehead atoms. The lowest BCUT2D eigenvalue weighted by atomic mass is 9.93. The second kappa shape index (κ2) is 10.2. The third-order valence-electron chi connectivity index (χ3n) is 6.97. The number of aromatic nitrogens is 3. The first kappa shape index (κ1) is 23.0. The molecule has 0 radical (unpaired) electrons. The van der Waals surface area contributed by atoms with Gasteiger partial charge in [-0.25, -0.2) is 4.98 Å². The summed E-state index contributed by atoms with van der Waals surface area (Å²) in [4.78, 5) is 13.3. The van der Waals surface area contributed by atoms with Crippen molar-refractivity contribution in [1.82, 2.24) is 15.0 Å². The van der Waals surface area contributed by atoms with Gasteiger partial charge in [0.25, 0.3) is 0 Å². The van der Waals surface area contributed by atoms with Gasteiger partial charge in [0.2, 0.25) is 0 Å². The van der Waals surface area contributed by atoms with E-state index >= 15 is 0 Å². The normalized spacial score (nSPS) is 12.3. The maximum absolute atomic E-state index is 6.21. The van der Waals surface area contributed by atoms with Crippen LogP contribution in [0, 0.1) is 6.92 Å². The zero-order chi connectivity index (χ0) is 24.2. The lowest BCUT2D eigenvalue weighted by Crippen LogP contribution is -1.99. The van der Waals surface area contributed by atoms with Crippen LogP contribution in [0.25, 0.3) is 21.8 Å². The van der Waals surface area contributed by atoms with Crippen molar-refractivity contribution in [3.63, 3.8) is 0 Å². The molecule has 5 rings (SSSR count). The van der Waals surface area contributed by atoms with Gasteiger partial charge in [0.15, 0.2) is 5.82 Å². The van der Waals surface area contributed by atoms with E-state index < -0.39 is 0 Å². The molecule has 2 N–H and O–H groups in total. The van der Waals surface area contributed by atoms with Gasteiger partial charge in [-0.3, -0.25) is 9.97 Å². The van der Waals surface area contributed by atoms with Gasteiger partial charge in [-0.2, -0.15) is 0 Å². The van der Waals surface area contributed by atoms with E-state index in [-0.39, 0.29) is 0 Å². The molecule has 5 aromatic rings. The molecular formula is C31H32N4. The summed E-state index contributed by atoms with van der Waals surface area (Å²) in [6.07, 6.45) is 11.1. The smallest absolute Gasteiger partial charge is 0.150 e. The summed E-state index contributed by atoms with van der Waals surface area (Å²) in [7, 11) is 0. The van der Waals surface area contributed by atoms with E-state index in [1.54, 1.807) is 0 Å². The van der Waals surface area contributed by atoms with E-state index in [0.717, 1.165) is 41.1 Å². The lowest BCUT2D eigenvalue weighted by Gasteiger charge is -2.13. The number of fused-ring (bicyclic) bond motifs is 3. The first-order valence-electron chi connectivity index (χ1n) is 12.5. The number of benzene rings is 2. The molecule has 0 aliphatic heterocycles. The number of pyridine rings is 3. The molecule has 0 aliphatic carbocycles. The van der Waals surface area contributed by atoms with Crippen LogP contribution in [0.1, 0.15) is 53.5 Å². The van der Waals surface area contributed by atoms with E-state index in [1.165, 1.54) is 40.7 Å². The van der Waals surface area contributed by atoms with Crippen LogP contribution in [0.3, 0.4) is 0 Å². The van der Waals surface area contributed by atoms with Crippen LogP contribution >= 0.6 is 0 Å². The fourth-order valence-corrected chi connectivity index (χ4v) is 4.83. The van der Waals surface area contributed by atoms with Crippen LogP contribution in [-0.2, 0) is 19.3 Å². The summed E-state index contributed by atoms with van der Waals surface area (Å²) in [6, 6.07) is 21.9.